The molecular formula is C22H34N6O. The zero-order valence-electron chi connectivity index (χ0n) is 17.9. The zero-order valence-corrected chi connectivity index (χ0v) is 17.9. The fraction of sp³-hybridized carbons (Fsp3) is 0.545. The number of guanidine groups is 1. The van der Waals surface area contributed by atoms with Crippen LogP contribution >= 0.6 is 0 Å². The largest absolute Gasteiger partial charge is 0.379 e. The highest BCUT2D eigenvalue weighted by Gasteiger charge is 2.28. The minimum absolute atomic E-state index is 0.0453. The van der Waals surface area contributed by atoms with Crippen molar-refractivity contribution < 1.29 is 4.74 Å². The van der Waals surface area contributed by atoms with Crippen LogP contribution in [0.25, 0.3) is 0 Å². The molecule has 0 bridgehead atoms. The Bertz CT molecular complexity index is 765. The Morgan fingerprint density at radius 1 is 1.17 bits per heavy atom. The summed E-state index contributed by atoms with van der Waals surface area (Å²) in [6.45, 7) is 13.3. The molecule has 29 heavy (non-hydrogen) atoms. The minimum atomic E-state index is 0.0453. The third-order valence-corrected chi connectivity index (χ3v) is 5.21. The van der Waals surface area contributed by atoms with Crippen LogP contribution in [0.5, 0.6) is 0 Å². The van der Waals surface area contributed by atoms with Gasteiger partial charge < -0.3 is 15.4 Å². The molecule has 0 aliphatic carbocycles. The lowest BCUT2D eigenvalue weighted by Gasteiger charge is -2.41. The molecule has 1 aromatic heterocycles. The van der Waals surface area contributed by atoms with E-state index in [-0.39, 0.29) is 5.54 Å². The standard InChI is InChI=1S/C22H34N6O/c1-4-23-21(25-18-22(2,3)27-11-13-29-14-12-27)24-16-19-7-5-8-20(15-19)17-28-10-6-9-26-28/h5-10,15H,4,11-14,16-18H2,1-3H3,(H2,23,24,25). The normalized spacial score (nSPS) is 16.0. The second-order valence-electron chi connectivity index (χ2n) is 7.98. The van der Waals surface area contributed by atoms with Gasteiger partial charge in [-0.1, -0.05) is 24.3 Å². The Morgan fingerprint density at radius 2 is 1.97 bits per heavy atom. The Morgan fingerprint density at radius 3 is 2.69 bits per heavy atom. The first-order valence-corrected chi connectivity index (χ1v) is 10.5. The van der Waals surface area contributed by atoms with Crippen LogP contribution < -0.4 is 10.6 Å². The maximum atomic E-state index is 5.49. The number of hydrogen-bond donors (Lipinski definition) is 2. The molecule has 2 heterocycles. The average Bonchev–Trinajstić information content (AvgIpc) is 3.24. The summed E-state index contributed by atoms with van der Waals surface area (Å²) in [5.41, 5.74) is 2.47. The van der Waals surface area contributed by atoms with E-state index in [0.29, 0.717) is 6.54 Å². The SMILES string of the molecule is CCNC(=NCc1cccc(Cn2cccn2)c1)NCC(C)(C)N1CCOCC1. The van der Waals surface area contributed by atoms with Gasteiger partial charge in [0.15, 0.2) is 5.96 Å². The molecule has 1 fully saturated rings. The molecule has 7 heteroatoms. The molecule has 158 valence electrons. The average molecular weight is 399 g/mol. The van der Waals surface area contributed by atoms with E-state index in [0.717, 1.165) is 51.9 Å². The lowest BCUT2D eigenvalue weighted by Crippen LogP contribution is -2.56. The van der Waals surface area contributed by atoms with Crippen molar-refractivity contribution in [1.82, 2.24) is 25.3 Å². The van der Waals surface area contributed by atoms with Gasteiger partial charge in [-0.15, -0.1) is 0 Å². The van der Waals surface area contributed by atoms with Gasteiger partial charge in [-0.2, -0.15) is 5.10 Å². The smallest absolute Gasteiger partial charge is 0.191 e. The first-order valence-electron chi connectivity index (χ1n) is 10.5. The van der Waals surface area contributed by atoms with E-state index in [1.165, 1.54) is 11.1 Å². The van der Waals surface area contributed by atoms with Crippen molar-refractivity contribution >= 4 is 5.96 Å². The van der Waals surface area contributed by atoms with E-state index >= 15 is 0 Å². The van der Waals surface area contributed by atoms with Crippen molar-refractivity contribution in [3.05, 3.63) is 53.9 Å². The van der Waals surface area contributed by atoms with E-state index in [1.54, 1.807) is 6.20 Å². The minimum Gasteiger partial charge on any atom is -0.379 e. The molecule has 3 rings (SSSR count). The first-order chi connectivity index (χ1) is 14.1. The third-order valence-electron chi connectivity index (χ3n) is 5.21. The Hall–Kier alpha value is -2.38. The molecule has 0 unspecified atom stereocenters. The lowest BCUT2D eigenvalue weighted by atomic mass is 10.0. The fourth-order valence-electron chi connectivity index (χ4n) is 3.50. The van der Waals surface area contributed by atoms with Gasteiger partial charge in [-0.05, 0) is 38.0 Å². The molecule has 0 spiro atoms. The fourth-order valence-corrected chi connectivity index (χ4v) is 3.50. The van der Waals surface area contributed by atoms with Crippen LogP contribution in [0.4, 0.5) is 0 Å². The number of morpholine rings is 1. The van der Waals surface area contributed by atoms with Gasteiger partial charge >= 0.3 is 0 Å². The monoisotopic (exact) mass is 398 g/mol. The van der Waals surface area contributed by atoms with Gasteiger partial charge in [0, 0.05) is 44.1 Å². The molecule has 7 nitrogen and oxygen atoms in total. The molecule has 2 aromatic rings. The van der Waals surface area contributed by atoms with Crippen LogP contribution in [-0.2, 0) is 17.8 Å². The number of hydrogen-bond acceptors (Lipinski definition) is 4. The maximum Gasteiger partial charge on any atom is 0.191 e. The molecule has 1 aromatic carbocycles. The van der Waals surface area contributed by atoms with Crippen LogP contribution in [0, 0.1) is 0 Å². The van der Waals surface area contributed by atoms with Crippen LogP contribution in [0.3, 0.4) is 0 Å². The van der Waals surface area contributed by atoms with Crippen LogP contribution in [0.2, 0.25) is 0 Å². The second kappa shape index (κ2) is 10.4. The molecular weight excluding hydrogens is 364 g/mol. The van der Waals surface area contributed by atoms with Crippen molar-refractivity contribution in [3.8, 4) is 0 Å². The van der Waals surface area contributed by atoms with E-state index in [9.17, 15) is 0 Å². The number of aliphatic imine (C=N–C) groups is 1. The molecule has 0 saturated carbocycles. The van der Waals surface area contributed by atoms with Crippen molar-refractivity contribution in [2.24, 2.45) is 4.99 Å². The molecule has 1 saturated heterocycles. The number of nitrogens with one attached hydrogen (secondary N) is 2. The highest BCUT2D eigenvalue weighted by Crippen LogP contribution is 2.15. The number of ether oxygens (including phenoxy) is 1. The van der Waals surface area contributed by atoms with Crippen molar-refractivity contribution in [3.63, 3.8) is 0 Å². The van der Waals surface area contributed by atoms with E-state index in [2.05, 4.69) is 65.7 Å². The van der Waals surface area contributed by atoms with Gasteiger partial charge in [-0.3, -0.25) is 9.58 Å². The van der Waals surface area contributed by atoms with E-state index in [1.807, 2.05) is 16.9 Å². The number of benzene rings is 1. The molecule has 1 aliphatic heterocycles. The van der Waals surface area contributed by atoms with Gasteiger partial charge in [0.1, 0.15) is 0 Å². The van der Waals surface area contributed by atoms with E-state index in [4.69, 9.17) is 9.73 Å². The summed E-state index contributed by atoms with van der Waals surface area (Å²) in [5, 5.41) is 11.2. The van der Waals surface area contributed by atoms with Crippen molar-refractivity contribution in [1.29, 1.82) is 0 Å². The number of rotatable bonds is 8. The Kier molecular flexibility index (Phi) is 7.66. The van der Waals surface area contributed by atoms with E-state index < -0.39 is 0 Å². The molecule has 1 aliphatic rings. The summed E-state index contributed by atoms with van der Waals surface area (Å²) in [7, 11) is 0. The molecule has 0 radical (unpaired) electrons. The molecule has 2 N–H and O–H groups in total. The number of aromatic nitrogens is 2. The van der Waals surface area contributed by atoms with Gasteiger partial charge in [-0.25, -0.2) is 4.99 Å². The second-order valence-corrected chi connectivity index (χ2v) is 7.98. The first kappa shape index (κ1) is 21.3. The summed E-state index contributed by atoms with van der Waals surface area (Å²) in [4.78, 5) is 7.28. The predicted molar refractivity (Wildman–Crippen MR) is 117 cm³/mol. The highest BCUT2D eigenvalue weighted by molar-refractivity contribution is 5.79. The van der Waals surface area contributed by atoms with Crippen LogP contribution in [0.15, 0.2) is 47.7 Å². The van der Waals surface area contributed by atoms with Gasteiger partial charge in [0.25, 0.3) is 0 Å². The summed E-state index contributed by atoms with van der Waals surface area (Å²) < 4.78 is 7.42. The van der Waals surface area contributed by atoms with Gasteiger partial charge in [0.05, 0.1) is 26.3 Å². The lowest BCUT2D eigenvalue weighted by molar-refractivity contribution is -0.00834. The molecule has 0 atom stereocenters. The summed E-state index contributed by atoms with van der Waals surface area (Å²) in [6, 6.07) is 10.5. The number of nitrogens with zero attached hydrogens (tertiary/aromatic N) is 4. The summed E-state index contributed by atoms with van der Waals surface area (Å²) in [6.07, 6.45) is 3.79. The maximum absolute atomic E-state index is 5.49. The molecule has 0 amide bonds. The quantitative estimate of drug-likeness (QED) is 0.527. The van der Waals surface area contributed by atoms with Gasteiger partial charge in [0.2, 0.25) is 0 Å². The summed E-state index contributed by atoms with van der Waals surface area (Å²) >= 11 is 0. The highest BCUT2D eigenvalue weighted by atomic mass is 16.5. The van der Waals surface area contributed by atoms with Crippen molar-refractivity contribution in [2.45, 2.75) is 39.4 Å². The van der Waals surface area contributed by atoms with Crippen molar-refractivity contribution in [2.75, 3.05) is 39.4 Å². The third kappa shape index (κ3) is 6.58. The predicted octanol–water partition coefficient (Wildman–Crippen LogP) is 2.10. The topological polar surface area (TPSA) is 66.7 Å². The zero-order chi connectivity index (χ0) is 20.5. The Labute approximate surface area is 174 Å². The summed E-state index contributed by atoms with van der Waals surface area (Å²) in [5.74, 6) is 0.853. The van der Waals surface area contributed by atoms with Crippen LogP contribution in [-0.4, -0.2) is 65.6 Å². The Balaban J connectivity index is 1.58. The van der Waals surface area contributed by atoms with Crippen LogP contribution in [0.1, 0.15) is 31.9 Å².